The number of carboxylic acids is 1. The van der Waals surface area contributed by atoms with Crippen molar-refractivity contribution < 1.29 is 48.5 Å². The average Bonchev–Trinajstić information content (AvgIpc) is 3.65. The van der Waals surface area contributed by atoms with Gasteiger partial charge in [0.05, 0.1) is 59.8 Å². The molecule has 0 bridgehead atoms. The quantitative estimate of drug-likeness (QED) is 0.336. The van der Waals surface area contributed by atoms with Crippen molar-refractivity contribution in [3.05, 3.63) is 0 Å². The van der Waals surface area contributed by atoms with Crippen molar-refractivity contribution in [3.8, 4) is 0 Å². The highest BCUT2D eigenvalue weighted by molar-refractivity contribution is 5.70. The second-order valence-electron chi connectivity index (χ2n) is 16.2. The van der Waals surface area contributed by atoms with Gasteiger partial charge >= 0.3 is 5.97 Å². The number of ether oxygens (including phenoxy) is 6. The Balaban J connectivity index is 1.26. The van der Waals surface area contributed by atoms with Crippen molar-refractivity contribution in [1.29, 1.82) is 0 Å². The Morgan fingerprint density at radius 1 is 0.933 bits per heavy atom. The molecule has 5 saturated heterocycles. The van der Waals surface area contributed by atoms with E-state index >= 15 is 0 Å². The Bertz CT molecular complexity index is 1070. The molecule has 5 aliphatic heterocycles. The van der Waals surface area contributed by atoms with E-state index in [1.165, 1.54) is 7.11 Å². The van der Waals surface area contributed by atoms with E-state index in [2.05, 4.69) is 27.7 Å². The van der Waals surface area contributed by atoms with Crippen LogP contribution in [0.5, 0.6) is 0 Å². The first-order valence-electron chi connectivity index (χ1n) is 17.4. The molecule has 0 aromatic carbocycles. The Labute approximate surface area is 269 Å². The Hall–Kier alpha value is -0.850. The smallest absolute Gasteiger partial charge is 0.308 e. The minimum atomic E-state index is -1.16. The van der Waals surface area contributed by atoms with Gasteiger partial charge in [-0.15, -0.1) is 0 Å². The van der Waals surface area contributed by atoms with E-state index in [-0.39, 0.29) is 54.0 Å². The zero-order valence-electron chi connectivity index (χ0n) is 29.2. The van der Waals surface area contributed by atoms with Crippen LogP contribution in [0, 0.1) is 35.5 Å². The first kappa shape index (κ1) is 35.5. The van der Waals surface area contributed by atoms with Crippen LogP contribution in [0.15, 0.2) is 0 Å². The van der Waals surface area contributed by atoms with Crippen molar-refractivity contribution in [2.75, 3.05) is 7.11 Å². The number of rotatable bonds is 8. The maximum Gasteiger partial charge on any atom is 0.308 e. The van der Waals surface area contributed by atoms with Gasteiger partial charge in [0.2, 0.25) is 0 Å². The molecule has 5 aliphatic rings. The van der Waals surface area contributed by atoms with Crippen LogP contribution >= 0.6 is 0 Å². The van der Waals surface area contributed by atoms with Crippen LogP contribution in [0.2, 0.25) is 0 Å². The molecule has 0 amide bonds. The summed E-state index contributed by atoms with van der Waals surface area (Å²) in [5.41, 5.74) is -1.11. The van der Waals surface area contributed by atoms with Gasteiger partial charge < -0.3 is 43.7 Å². The van der Waals surface area contributed by atoms with Gasteiger partial charge in [0.25, 0.3) is 0 Å². The molecule has 10 heteroatoms. The van der Waals surface area contributed by atoms with Crippen LogP contribution in [-0.2, 0) is 33.2 Å². The first-order valence-corrected chi connectivity index (χ1v) is 17.4. The largest absolute Gasteiger partial charge is 0.481 e. The number of aliphatic hydroxyl groups excluding tert-OH is 1. The molecule has 0 aromatic heterocycles. The van der Waals surface area contributed by atoms with Crippen molar-refractivity contribution in [2.45, 2.75) is 173 Å². The third-order valence-corrected chi connectivity index (χ3v) is 12.6. The summed E-state index contributed by atoms with van der Waals surface area (Å²) in [6.07, 6.45) is 2.91. The molecule has 5 fully saturated rings. The summed E-state index contributed by atoms with van der Waals surface area (Å²) in [6.45, 7) is 18.0. The van der Waals surface area contributed by atoms with E-state index in [1.54, 1.807) is 13.8 Å². The van der Waals surface area contributed by atoms with E-state index in [4.69, 9.17) is 28.4 Å². The number of hydrogen-bond donors (Lipinski definition) is 3. The number of carbonyl (C=O) groups is 1. The Morgan fingerprint density at radius 3 is 2.27 bits per heavy atom. The van der Waals surface area contributed by atoms with Crippen molar-refractivity contribution in [2.24, 2.45) is 35.5 Å². The van der Waals surface area contributed by atoms with Crippen LogP contribution in [-0.4, -0.2) is 93.9 Å². The van der Waals surface area contributed by atoms with Gasteiger partial charge in [-0.2, -0.15) is 0 Å². The summed E-state index contributed by atoms with van der Waals surface area (Å²) in [7, 11) is 1.53. The molecule has 3 N–H and O–H groups in total. The summed E-state index contributed by atoms with van der Waals surface area (Å²) in [6, 6.07) is 0. The lowest BCUT2D eigenvalue weighted by Gasteiger charge is -2.48. The molecule has 5 heterocycles. The van der Waals surface area contributed by atoms with E-state index in [1.807, 2.05) is 20.8 Å². The van der Waals surface area contributed by atoms with Gasteiger partial charge in [-0.1, -0.05) is 34.6 Å². The van der Waals surface area contributed by atoms with E-state index < -0.39 is 53.0 Å². The molecular weight excluding hydrogens is 580 g/mol. The third-order valence-electron chi connectivity index (χ3n) is 12.6. The first-order chi connectivity index (χ1) is 20.9. The van der Waals surface area contributed by atoms with Gasteiger partial charge in [-0.05, 0) is 71.6 Å². The normalized spacial score (nSPS) is 52.6. The molecular formula is C35H60O10. The van der Waals surface area contributed by atoms with Gasteiger partial charge in [0.15, 0.2) is 11.6 Å². The maximum atomic E-state index is 11.8. The lowest BCUT2D eigenvalue weighted by Crippen LogP contribution is -2.56. The lowest BCUT2D eigenvalue weighted by molar-refractivity contribution is -0.335. The second-order valence-corrected chi connectivity index (χ2v) is 16.2. The van der Waals surface area contributed by atoms with Gasteiger partial charge in [0.1, 0.15) is 0 Å². The number of aliphatic carboxylic acids is 1. The molecule has 45 heavy (non-hydrogen) atoms. The zero-order valence-corrected chi connectivity index (χ0v) is 29.2. The fourth-order valence-corrected chi connectivity index (χ4v) is 9.52. The summed E-state index contributed by atoms with van der Waals surface area (Å²) in [4.78, 5) is 11.8. The summed E-state index contributed by atoms with van der Waals surface area (Å²) in [5.74, 6) is -3.64. The van der Waals surface area contributed by atoms with Crippen LogP contribution < -0.4 is 0 Å². The van der Waals surface area contributed by atoms with Crippen LogP contribution in [0.1, 0.15) is 107 Å². The molecule has 0 saturated carbocycles. The molecule has 260 valence electrons. The fraction of sp³-hybridized carbons (Fsp3) is 0.971. The third kappa shape index (κ3) is 6.48. The van der Waals surface area contributed by atoms with Crippen molar-refractivity contribution >= 4 is 5.97 Å². The lowest BCUT2D eigenvalue weighted by atomic mass is 9.78. The standard InChI is InChI=1S/C35H60O10/c1-18-15-20(3)34(9,39)43-27(18)25-16-19(2)30(41-25)33(8)12-11-26(42-33)32(7)13-14-35(45-32)17-24(36)21(4)29(44-35)22(5)28(40-10)23(6)31(37)38/h18-30,36,39H,11-17H2,1-10H3,(H,37,38). The van der Waals surface area contributed by atoms with Gasteiger partial charge in [-0.3, -0.25) is 4.79 Å². The van der Waals surface area contributed by atoms with Crippen molar-refractivity contribution in [3.63, 3.8) is 0 Å². The zero-order chi connectivity index (χ0) is 33.3. The highest BCUT2D eigenvalue weighted by Gasteiger charge is 2.61. The minimum Gasteiger partial charge on any atom is -0.481 e. The molecule has 10 nitrogen and oxygen atoms in total. The van der Waals surface area contributed by atoms with Crippen molar-refractivity contribution in [1.82, 2.24) is 0 Å². The predicted octanol–water partition coefficient (Wildman–Crippen LogP) is 4.91. The van der Waals surface area contributed by atoms with Gasteiger partial charge in [0, 0.05) is 37.7 Å². The number of methoxy groups -OCH3 is 1. The number of aliphatic hydroxyl groups is 2. The van der Waals surface area contributed by atoms with E-state index in [9.17, 15) is 20.1 Å². The minimum absolute atomic E-state index is 0.0657. The van der Waals surface area contributed by atoms with Crippen LogP contribution in [0.4, 0.5) is 0 Å². The van der Waals surface area contributed by atoms with Gasteiger partial charge in [-0.25, -0.2) is 0 Å². The second kappa shape index (κ2) is 12.6. The molecule has 5 rings (SSSR count). The van der Waals surface area contributed by atoms with E-state index in [0.29, 0.717) is 12.8 Å². The highest BCUT2D eigenvalue weighted by atomic mass is 16.7. The molecule has 17 unspecified atom stereocenters. The molecule has 17 atom stereocenters. The highest BCUT2D eigenvalue weighted by Crippen LogP contribution is 2.54. The average molecular weight is 641 g/mol. The maximum absolute atomic E-state index is 11.8. The van der Waals surface area contributed by atoms with Crippen LogP contribution in [0.25, 0.3) is 0 Å². The monoisotopic (exact) mass is 640 g/mol. The summed E-state index contributed by atoms with van der Waals surface area (Å²) in [5, 5.41) is 31.8. The molecule has 0 radical (unpaired) electrons. The SMILES string of the molecule is COC(C(C)C(=O)O)C(C)C1OC2(CCC(C)(C3CCC(C)(C4OC(C5OC(C)(O)C(C)CC5C)CC4C)O3)O2)CC(O)C1C. The topological polar surface area (TPSA) is 133 Å². The Kier molecular flexibility index (Phi) is 9.89. The fourth-order valence-electron chi connectivity index (χ4n) is 9.52. The van der Waals surface area contributed by atoms with Crippen LogP contribution in [0.3, 0.4) is 0 Å². The molecule has 0 aliphatic carbocycles. The van der Waals surface area contributed by atoms with E-state index in [0.717, 1.165) is 32.1 Å². The number of carboxylic acid groups (broad SMARTS) is 1. The Morgan fingerprint density at radius 2 is 1.62 bits per heavy atom. The molecule has 0 aromatic rings. The molecule has 1 spiro atoms. The summed E-state index contributed by atoms with van der Waals surface area (Å²) >= 11 is 0. The summed E-state index contributed by atoms with van der Waals surface area (Å²) < 4.78 is 39.2. The predicted molar refractivity (Wildman–Crippen MR) is 166 cm³/mol. The number of hydrogen-bond acceptors (Lipinski definition) is 9.